The second kappa shape index (κ2) is 7.53. The number of aryl methyl sites for hydroxylation is 1. The molecule has 0 saturated carbocycles. The molecule has 1 unspecified atom stereocenters. The largest absolute Gasteiger partial charge is 0.481 e. The van der Waals surface area contributed by atoms with Gasteiger partial charge in [0.15, 0.2) is 0 Å². The Bertz CT molecular complexity index is 549. The summed E-state index contributed by atoms with van der Waals surface area (Å²) in [5, 5.41) is 8.58. The van der Waals surface area contributed by atoms with Crippen molar-refractivity contribution in [2.75, 3.05) is 6.54 Å². The standard InChI is InChI=1S/C12H18BrNO4S2/c1-8(3-4-10(15)16)5-6-14-20(17,18)11-7-9(2)12(13)19-11/h7-8,14H,3-6H2,1-2H3,(H,15,16). The number of thiophene rings is 1. The third kappa shape index (κ3) is 5.51. The van der Waals surface area contributed by atoms with Gasteiger partial charge < -0.3 is 5.11 Å². The zero-order valence-electron chi connectivity index (χ0n) is 11.3. The van der Waals surface area contributed by atoms with E-state index in [2.05, 4.69) is 20.7 Å². The van der Waals surface area contributed by atoms with E-state index in [0.29, 0.717) is 23.6 Å². The van der Waals surface area contributed by atoms with E-state index in [-0.39, 0.29) is 12.3 Å². The predicted octanol–water partition coefficient (Wildman–Crippen LogP) is 2.99. The molecule has 0 saturated heterocycles. The number of rotatable bonds is 8. The van der Waals surface area contributed by atoms with Crippen molar-refractivity contribution in [3.05, 3.63) is 15.4 Å². The van der Waals surface area contributed by atoms with Crippen molar-refractivity contribution in [3.8, 4) is 0 Å². The van der Waals surface area contributed by atoms with Crippen LogP contribution in [0, 0.1) is 12.8 Å². The Morgan fingerprint density at radius 2 is 2.15 bits per heavy atom. The van der Waals surface area contributed by atoms with E-state index in [1.54, 1.807) is 6.07 Å². The summed E-state index contributed by atoms with van der Waals surface area (Å²) < 4.78 is 27.7. The van der Waals surface area contributed by atoms with Crippen molar-refractivity contribution in [2.24, 2.45) is 5.92 Å². The molecule has 0 bridgehead atoms. The summed E-state index contributed by atoms with van der Waals surface area (Å²) in [6.45, 7) is 4.08. The van der Waals surface area contributed by atoms with Crippen LogP contribution in [-0.2, 0) is 14.8 Å². The maximum atomic E-state index is 12.0. The number of carboxylic acids is 1. The first-order valence-corrected chi connectivity index (χ1v) is 9.29. The molecule has 0 fully saturated rings. The Hall–Kier alpha value is -0.440. The second-order valence-electron chi connectivity index (χ2n) is 4.75. The fourth-order valence-corrected chi connectivity index (χ4v) is 4.91. The van der Waals surface area contributed by atoms with E-state index in [0.717, 1.165) is 9.35 Å². The van der Waals surface area contributed by atoms with Crippen LogP contribution in [-0.4, -0.2) is 26.0 Å². The van der Waals surface area contributed by atoms with Gasteiger partial charge in [-0.2, -0.15) is 0 Å². The molecule has 0 aliphatic carbocycles. The molecular formula is C12H18BrNO4S2. The van der Waals surface area contributed by atoms with Crippen LogP contribution >= 0.6 is 27.3 Å². The van der Waals surface area contributed by atoms with Gasteiger partial charge in [0, 0.05) is 13.0 Å². The number of halogens is 1. The van der Waals surface area contributed by atoms with E-state index in [1.807, 2.05) is 13.8 Å². The first-order valence-electron chi connectivity index (χ1n) is 6.19. The van der Waals surface area contributed by atoms with E-state index < -0.39 is 16.0 Å². The van der Waals surface area contributed by atoms with E-state index in [9.17, 15) is 13.2 Å². The average molecular weight is 384 g/mol. The Balaban J connectivity index is 2.46. The Morgan fingerprint density at radius 3 is 2.65 bits per heavy atom. The highest BCUT2D eigenvalue weighted by molar-refractivity contribution is 9.11. The Morgan fingerprint density at radius 1 is 1.50 bits per heavy atom. The van der Waals surface area contributed by atoms with Crippen molar-refractivity contribution in [1.82, 2.24) is 4.72 Å². The maximum Gasteiger partial charge on any atom is 0.303 e. The zero-order chi connectivity index (χ0) is 15.3. The van der Waals surface area contributed by atoms with Crippen molar-refractivity contribution >= 4 is 43.3 Å². The van der Waals surface area contributed by atoms with Gasteiger partial charge in [0.2, 0.25) is 10.0 Å². The lowest BCUT2D eigenvalue weighted by Crippen LogP contribution is -2.25. The van der Waals surface area contributed by atoms with E-state index in [4.69, 9.17) is 5.11 Å². The zero-order valence-corrected chi connectivity index (χ0v) is 14.6. The van der Waals surface area contributed by atoms with Gasteiger partial charge in [0.1, 0.15) is 4.21 Å². The summed E-state index contributed by atoms with van der Waals surface area (Å²) >= 11 is 4.49. The van der Waals surface area contributed by atoms with Crippen LogP contribution < -0.4 is 4.72 Å². The summed E-state index contributed by atoms with van der Waals surface area (Å²) in [6, 6.07) is 1.63. The first-order chi connectivity index (χ1) is 9.22. The highest BCUT2D eigenvalue weighted by atomic mass is 79.9. The van der Waals surface area contributed by atoms with Crippen LogP contribution in [0.15, 0.2) is 14.1 Å². The van der Waals surface area contributed by atoms with Crippen molar-refractivity contribution in [2.45, 2.75) is 37.3 Å². The van der Waals surface area contributed by atoms with Crippen molar-refractivity contribution < 1.29 is 18.3 Å². The molecule has 5 nitrogen and oxygen atoms in total. The Kier molecular flexibility index (Phi) is 6.63. The van der Waals surface area contributed by atoms with Crippen LogP contribution in [0.3, 0.4) is 0 Å². The van der Waals surface area contributed by atoms with Gasteiger partial charge in [-0.05, 0) is 53.2 Å². The third-order valence-electron chi connectivity index (χ3n) is 2.88. The molecule has 0 aromatic carbocycles. The molecule has 114 valence electrons. The number of carbonyl (C=O) groups is 1. The van der Waals surface area contributed by atoms with E-state index >= 15 is 0 Å². The lowest BCUT2D eigenvalue weighted by molar-refractivity contribution is -0.137. The van der Waals surface area contributed by atoms with Gasteiger partial charge in [-0.1, -0.05) is 6.92 Å². The molecule has 0 aliphatic heterocycles. The topological polar surface area (TPSA) is 83.5 Å². The monoisotopic (exact) mass is 383 g/mol. The van der Waals surface area contributed by atoms with Gasteiger partial charge in [-0.15, -0.1) is 11.3 Å². The molecular weight excluding hydrogens is 366 g/mol. The lowest BCUT2D eigenvalue weighted by atomic mass is 10.0. The van der Waals surface area contributed by atoms with Crippen LogP contribution in [0.2, 0.25) is 0 Å². The summed E-state index contributed by atoms with van der Waals surface area (Å²) in [5.74, 6) is -0.651. The normalized spacial score (nSPS) is 13.3. The molecule has 0 aliphatic rings. The number of hydrogen-bond donors (Lipinski definition) is 2. The second-order valence-corrected chi connectivity index (χ2v) is 9.11. The molecule has 1 aromatic rings. The molecule has 20 heavy (non-hydrogen) atoms. The van der Waals surface area contributed by atoms with Crippen molar-refractivity contribution in [1.29, 1.82) is 0 Å². The first kappa shape index (κ1) is 17.6. The molecule has 0 amide bonds. The average Bonchev–Trinajstić information content (AvgIpc) is 2.68. The molecule has 0 radical (unpaired) electrons. The van der Waals surface area contributed by atoms with Gasteiger partial charge in [-0.3, -0.25) is 4.79 Å². The fraction of sp³-hybridized carbons (Fsp3) is 0.583. The molecule has 2 N–H and O–H groups in total. The van der Waals surface area contributed by atoms with Gasteiger partial charge >= 0.3 is 5.97 Å². The minimum atomic E-state index is -3.47. The number of hydrogen-bond acceptors (Lipinski definition) is 4. The van der Waals surface area contributed by atoms with Crippen LogP contribution in [0.25, 0.3) is 0 Å². The molecule has 1 heterocycles. The minimum absolute atomic E-state index is 0.116. The summed E-state index contributed by atoms with van der Waals surface area (Å²) in [7, 11) is -3.47. The smallest absolute Gasteiger partial charge is 0.303 e. The third-order valence-corrected chi connectivity index (χ3v) is 6.95. The lowest BCUT2D eigenvalue weighted by Gasteiger charge is -2.10. The predicted molar refractivity (Wildman–Crippen MR) is 82.6 cm³/mol. The molecule has 1 aromatic heterocycles. The van der Waals surface area contributed by atoms with Crippen molar-refractivity contribution in [3.63, 3.8) is 0 Å². The molecule has 1 rings (SSSR count). The number of carboxylic acid groups (broad SMARTS) is 1. The maximum absolute atomic E-state index is 12.0. The van der Waals surface area contributed by atoms with Crippen LogP contribution in [0.4, 0.5) is 0 Å². The minimum Gasteiger partial charge on any atom is -0.481 e. The summed E-state index contributed by atoms with van der Waals surface area (Å²) in [5.41, 5.74) is 0.894. The quantitative estimate of drug-likeness (QED) is 0.722. The number of sulfonamides is 1. The molecule has 0 spiro atoms. The van der Waals surface area contributed by atoms with E-state index in [1.165, 1.54) is 11.3 Å². The SMILES string of the molecule is Cc1cc(S(=O)(=O)NCCC(C)CCC(=O)O)sc1Br. The number of aliphatic carboxylic acids is 1. The van der Waals surface area contributed by atoms with Gasteiger partial charge in [-0.25, -0.2) is 13.1 Å². The summed E-state index contributed by atoms with van der Waals surface area (Å²) in [4.78, 5) is 10.4. The molecule has 1 atom stereocenters. The highest BCUT2D eigenvalue weighted by Crippen LogP contribution is 2.30. The summed E-state index contributed by atoms with van der Waals surface area (Å²) in [6.07, 6.45) is 1.30. The van der Waals surface area contributed by atoms with Gasteiger partial charge in [0.25, 0.3) is 0 Å². The molecule has 8 heteroatoms. The fourth-order valence-electron chi connectivity index (χ4n) is 1.59. The Labute approximate surface area is 131 Å². The highest BCUT2D eigenvalue weighted by Gasteiger charge is 2.18. The van der Waals surface area contributed by atoms with Crippen LogP contribution in [0.5, 0.6) is 0 Å². The van der Waals surface area contributed by atoms with Crippen LogP contribution in [0.1, 0.15) is 31.7 Å². The number of nitrogens with one attached hydrogen (secondary N) is 1. The van der Waals surface area contributed by atoms with Gasteiger partial charge in [0.05, 0.1) is 3.79 Å².